The molecule has 0 heterocycles. The zero-order valence-corrected chi connectivity index (χ0v) is 18.5. The molecule has 0 aliphatic carbocycles. The van der Waals surface area contributed by atoms with E-state index in [4.69, 9.17) is 14.6 Å². The first-order valence-electron chi connectivity index (χ1n) is 11.5. The molecule has 4 N–H and O–H groups in total. The smallest absolute Gasteiger partial charge is 0.185 e. The summed E-state index contributed by atoms with van der Waals surface area (Å²) in [6.07, 6.45) is 7.07. The summed E-state index contributed by atoms with van der Waals surface area (Å²) in [6.45, 7) is 2.27. The molecule has 0 bridgehead atoms. The van der Waals surface area contributed by atoms with Crippen LogP contribution in [-0.4, -0.2) is 64.7 Å². The van der Waals surface area contributed by atoms with E-state index < -0.39 is 24.4 Å². The van der Waals surface area contributed by atoms with Gasteiger partial charge in [0.25, 0.3) is 0 Å². The predicted octanol–water partition coefficient (Wildman–Crippen LogP) is 3.45. The van der Waals surface area contributed by atoms with Gasteiger partial charge in [-0.25, -0.2) is 0 Å². The first kappa shape index (κ1) is 26.9. The fraction of sp³-hybridized carbons (Fsp3) is 0.750. The van der Waals surface area contributed by atoms with Gasteiger partial charge in [-0.05, 0) is 31.4 Å². The number of benzene rings is 1. The molecule has 6 nitrogen and oxygen atoms in total. The molecule has 1 aromatic rings. The second-order valence-electron chi connectivity index (χ2n) is 7.98. The average Bonchev–Trinajstić information content (AvgIpc) is 2.77. The Morgan fingerprint density at radius 2 is 1.50 bits per heavy atom. The molecule has 0 aliphatic rings. The fourth-order valence-corrected chi connectivity index (χ4v) is 3.50. The van der Waals surface area contributed by atoms with Gasteiger partial charge in [0.1, 0.15) is 11.9 Å². The lowest BCUT2D eigenvalue weighted by Gasteiger charge is -2.40. The van der Waals surface area contributed by atoms with Gasteiger partial charge in [-0.2, -0.15) is 0 Å². The first-order chi connectivity index (χ1) is 14.6. The van der Waals surface area contributed by atoms with Crippen LogP contribution in [0.5, 0.6) is 5.75 Å². The Balaban J connectivity index is 2.65. The van der Waals surface area contributed by atoms with Crippen molar-refractivity contribution in [2.24, 2.45) is 0 Å². The lowest BCUT2D eigenvalue weighted by atomic mass is 9.87. The molecule has 30 heavy (non-hydrogen) atoms. The quantitative estimate of drug-likeness (QED) is 0.253. The third-order valence-corrected chi connectivity index (χ3v) is 5.48. The molecule has 6 heteroatoms. The van der Waals surface area contributed by atoms with Gasteiger partial charge in [0.15, 0.2) is 5.60 Å². The maximum absolute atomic E-state index is 10.9. The van der Waals surface area contributed by atoms with Crippen LogP contribution < -0.4 is 4.74 Å². The molecule has 0 amide bonds. The van der Waals surface area contributed by atoms with Crippen LogP contribution in [0.3, 0.4) is 0 Å². The predicted molar refractivity (Wildman–Crippen MR) is 119 cm³/mol. The van der Waals surface area contributed by atoms with Crippen LogP contribution in [0.2, 0.25) is 0 Å². The number of hydrogen-bond acceptors (Lipinski definition) is 6. The van der Waals surface area contributed by atoms with Crippen molar-refractivity contribution in [3.8, 4) is 5.75 Å². The van der Waals surface area contributed by atoms with E-state index in [-0.39, 0.29) is 13.2 Å². The Hall–Kier alpha value is -1.18. The third-order valence-electron chi connectivity index (χ3n) is 5.48. The van der Waals surface area contributed by atoms with Gasteiger partial charge < -0.3 is 29.9 Å². The van der Waals surface area contributed by atoms with E-state index in [2.05, 4.69) is 6.92 Å². The zero-order valence-electron chi connectivity index (χ0n) is 18.5. The van der Waals surface area contributed by atoms with E-state index in [1.807, 2.05) is 6.07 Å². The van der Waals surface area contributed by atoms with Crippen molar-refractivity contribution >= 4 is 0 Å². The summed E-state index contributed by atoms with van der Waals surface area (Å²) >= 11 is 0. The Kier molecular flexibility index (Phi) is 14.8. The molecular formula is C24H42O6. The number of aliphatic hydroxyl groups excluding tert-OH is 4. The van der Waals surface area contributed by atoms with Crippen LogP contribution >= 0.6 is 0 Å². The van der Waals surface area contributed by atoms with E-state index in [9.17, 15) is 15.3 Å². The van der Waals surface area contributed by atoms with E-state index >= 15 is 0 Å². The number of para-hydroxylation sites is 1. The number of hydrogen-bond donors (Lipinski definition) is 4. The number of rotatable bonds is 19. The average molecular weight is 427 g/mol. The van der Waals surface area contributed by atoms with Gasteiger partial charge >= 0.3 is 0 Å². The molecule has 174 valence electrons. The summed E-state index contributed by atoms with van der Waals surface area (Å²) in [4.78, 5) is 0. The monoisotopic (exact) mass is 426 g/mol. The molecule has 0 saturated heterocycles. The van der Waals surface area contributed by atoms with Crippen LogP contribution in [0.4, 0.5) is 0 Å². The van der Waals surface area contributed by atoms with Crippen LogP contribution in [0.1, 0.15) is 71.1 Å². The largest absolute Gasteiger partial charge is 0.479 e. The Morgan fingerprint density at radius 1 is 0.833 bits per heavy atom. The molecule has 3 atom stereocenters. The maximum Gasteiger partial charge on any atom is 0.185 e. The lowest BCUT2D eigenvalue weighted by Crippen LogP contribution is -2.61. The van der Waals surface area contributed by atoms with Crippen molar-refractivity contribution in [2.45, 2.75) is 88.9 Å². The van der Waals surface area contributed by atoms with Crippen molar-refractivity contribution in [3.63, 3.8) is 0 Å². The van der Waals surface area contributed by atoms with E-state index in [0.29, 0.717) is 31.6 Å². The van der Waals surface area contributed by atoms with E-state index in [0.717, 1.165) is 19.3 Å². The van der Waals surface area contributed by atoms with Crippen molar-refractivity contribution in [1.29, 1.82) is 0 Å². The van der Waals surface area contributed by atoms with E-state index in [1.165, 1.54) is 25.7 Å². The molecule has 0 aliphatic heterocycles. The molecule has 3 unspecified atom stereocenters. The van der Waals surface area contributed by atoms with Gasteiger partial charge in [0.05, 0.1) is 19.3 Å². The lowest BCUT2D eigenvalue weighted by molar-refractivity contribution is -0.169. The minimum atomic E-state index is -1.57. The number of unbranched alkanes of at least 4 members (excludes halogenated alkanes) is 7. The summed E-state index contributed by atoms with van der Waals surface area (Å²) in [6, 6.07) is 8.90. The van der Waals surface area contributed by atoms with Crippen molar-refractivity contribution in [1.82, 2.24) is 0 Å². The summed E-state index contributed by atoms with van der Waals surface area (Å²) in [5.41, 5.74) is -1.57. The summed E-state index contributed by atoms with van der Waals surface area (Å²) in [5, 5.41) is 40.8. The number of ether oxygens (including phenoxy) is 2. The van der Waals surface area contributed by atoms with Gasteiger partial charge in [0, 0.05) is 13.2 Å². The SMILES string of the molecule is CCCCCCCCOCC(O)C(CO)(Oc1ccccc1)C(O)CCCCCO. The minimum absolute atomic E-state index is 0.0178. The highest BCUT2D eigenvalue weighted by atomic mass is 16.5. The summed E-state index contributed by atoms with van der Waals surface area (Å²) < 4.78 is 11.6. The third kappa shape index (κ3) is 9.75. The number of aliphatic hydroxyl groups is 4. The first-order valence-corrected chi connectivity index (χ1v) is 11.5. The van der Waals surface area contributed by atoms with Gasteiger partial charge in [0.2, 0.25) is 0 Å². The molecular weight excluding hydrogens is 384 g/mol. The van der Waals surface area contributed by atoms with E-state index in [1.54, 1.807) is 24.3 Å². The second-order valence-corrected chi connectivity index (χ2v) is 7.98. The highest BCUT2D eigenvalue weighted by Crippen LogP contribution is 2.28. The topological polar surface area (TPSA) is 99.4 Å². The van der Waals surface area contributed by atoms with Gasteiger partial charge in [-0.1, -0.05) is 70.1 Å². The maximum atomic E-state index is 10.9. The molecule has 0 saturated carbocycles. The minimum Gasteiger partial charge on any atom is -0.479 e. The van der Waals surface area contributed by atoms with Crippen molar-refractivity contribution < 1.29 is 29.9 Å². The van der Waals surface area contributed by atoms with Crippen LogP contribution in [-0.2, 0) is 4.74 Å². The molecule has 0 aromatic heterocycles. The standard InChI is InChI=1S/C24H42O6/c1-2-3-4-5-6-13-18-29-19-23(28)24(20-26,22(27)16-11-8-12-17-25)30-21-14-9-7-10-15-21/h7,9-10,14-15,22-23,25-28H,2-6,8,11-13,16-20H2,1H3. The Morgan fingerprint density at radius 3 is 2.17 bits per heavy atom. The van der Waals surface area contributed by atoms with Crippen LogP contribution in [0.15, 0.2) is 30.3 Å². The molecule has 0 spiro atoms. The zero-order chi connectivity index (χ0) is 22.1. The molecule has 1 aromatic carbocycles. The fourth-order valence-electron chi connectivity index (χ4n) is 3.50. The summed E-state index contributed by atoms with van der Waals surface area (Å²) in [5.74, 6) is 0.468. The van der Waals surface area contributed by atoms with Crippen molar-refractivity contribution in [2.75, 3.05) is 26.4 Å². The second kappa shape index (κ2) is 16.5. The summed E-state index contributed by atoms with van der Waals surface area (Å²) in [7, 11) is 0. The van der Waals surface area contributed by atoms with Crippen LogP contribution in [0.25, 0.3) is 0 Å². The van der Waals surface area contributed by atoms with Gasteiger partial charge in [-0.3, -0.25) is 0 Å². The molecule has 1 rings (SSSR count). The van der Waals surface area contributed by atoms with Crippen LogP contribution in [0, 0.1) is 0 Å². The Labute approximate surface area is 181 Å². The molecule has 0 radical (unpaired) electrons. The highest BCUT2D eigenvalue weighted by molar-refractivity contribution is 5.23. The molecule has 0 fully saturated rings. The Bertz CT molecular complexity index is 512. The normalized spacial score (nSPS) is 15.5. The van der Waals surface area contributed by atoms with Gasteiger partial charge in [-0.15, -0.1) is 0 Å². The van der Waals surface area contributed by atoms with Crippen molar-refractivity contribution in [3.05, 3.63) is 30.3 Å². The highest BCUT2D eigenvalue weighted by Gasteiger charge is 2.46.